The average Bonchev–Trinajstić information content (AvgIpc) is 2.82. The van der Waals surface area contributed by atoms with Gasteiger partial charge in [0, 0.05) is 18.7 Å². The fourth-order valence-corrected chi connectivity index (χ4v) is 1.70. The van der Waals surface area contributed by atoms with Crippen LogP contribution in [-0.2, 0) is 6.54 Å². The highest BCUT2D eigenvalue weighted by atomic mass is 16.5. The number of nitrogen functional groups attached to an aromatic ring is 1. The topological polar surface area (TPSA) is 93.2 Å². The Bertz CT molecular complexity index is 592. The fourth-order valence-electron chi connectivity index (χ4n) is 1.70. The molecule has 0 fully saturated rings. The van der Waals surface area contributed by atoms with Crippen LogP contribution in [0.3, 0.4) is 0 Å². The molecule has 0 saturated heterocycles. The number of amides is 1. The van der Waals surface area contributed by atoms with E-state index in [9.17, 15) is 4.79 Å². The van der Waals surface area contributed by atoms with Crippen LogP contribution >= 0.6 is 0 Å². The van der Waals surface area contributed by atoms with Gasteiger partial charge in [-0.1, -0.05) is 5.16 Å². The maximum Gasteiger partial charge on any atom is 0.251 e. The molecule has 2 rings (SSSR count). The molecular weight excluding hydrogens is 244 g/mol. The number of nitrogens with two attached hydrogens (primary N) is 1. The van der Waals surface area contributed by atoms with Gasteiger partial charge in [0.2, 0.25) is 0 Å². The maximum absolute atomic E-state index is 11.4. The smallest absolute Gasteiger partial charge is 0.251 e. The van der Waals surface area contributed by atoms with E-state index >= 15 is 0 Å². The highest BCUT2D eigenvalue weighted by Gasteiger charge is 2.07. The monoisotopic (exact) mass is 260 g/mol. The summed E-state index contributed by atoms with van der Waals surface area (Å²) in [5.74, 6) is 0.602. The lowest BCUT2D eigenvalue weighted by molar-refractivity contribution is 0.0963. The van der Waals surface area contributed by atoms with E-state index in [2.05, 4.69) is 15.8 Å². The van der Waals surface area contributed by atoms with E-state index in [1.807, 2.05) is 13.0 Å². The highest BCUT2D eigenvalue weighted by Crippen LogP contribution is 2.20. The number of carbonyl (C=O) groups is 1. The molecule has 0 aliphatic heterocycles. The number of carbonyl (C=O) groups excluding carboxylic acids is 1. The fraction of sp³-hybridized carbons (Fsp3) is 0.231. The number of hydrogen-bond donors (Lipinski definition) is 3. The molecule has 19 heavy (non-hydrogen) atoms. The van der Waals surface area contributed by atoms with E-state index in [0.29, 0.717) is 17.8 Å². The van der Waals surface area contributed by atoms with Crippen molar-refractivity contribution in [2.75, 3.05) is 18.1 Å². The van der Waals surface area contributed by atoms with Crippen molar-refractivity contribution in [3.05, 3.63) is 41.3 Å². The quantitative estimate of drug-likeness (QED) is 0.725. The number of anilines is 2. The van der Waals surface area contributed by atoms with E-state index in [-0.39, 0.29) is 5.91 Å². The van der Waals surface area contributed by atoms with Crippen molar-refractivity contribution in [2.24, 2.45) is 0 Å². The minimum Gasteiger partial charge on any atom is -0.397 e. The second kappa shape index (κ2) is 5.43. The lowest BCUT2D eigenvalue weighted by Gasteiger charge is -2.09. The number of aromatic nitrogens is 1. The number of hydrogen-bond acceptors (Lipinski definition) is 5. The summed E-state index contributed by atoms with van der Waals surface area (Å²) in [5.41, 5.74) is 8.50. The Morgan fingerprint density at radius 1 is 1.42 bits per heavy atom. The molecule has 1 aromatic carbocycles. The van der Waals surface area contributed by atoms with Crippen molar-refractivity contribution < 1.29 is 9.32 Å². The lowest BCUT2D eigenvalue weighted by Crippen LogP contribution is -2.18. The molecule has 0 bridgehead atoms. The zero-order valence-corrected chi connectivity index (χ0v) is 10.9. The highest BCUT2D eigenvalue weighted by molar-refractivity contribution is 5.95. The summed E-state index contributed by atoms with van der Waals surface area (Å²) in [6.45, 7) is 2.35. The third-order valence-corrected chi connectivity index (χ3v) is 2.68. The Morgan fingerprint density at radius 3 is 2.79 bits per heavy atom. The minimum absolute atomic E-state index is 0.162. The molecule has 4 N–H and O–H groups in total. The van der Waals surface area contributed by atoms with Gasteiger partial charge in [0.25, 0.3) is 5.91 Å². The largest absolute Gasteiger partial charge is 0.397 e. The molecule has 1 aromatic heterocycles. The number of nitrogens with zero attached hydrogens (tertiary/aromatic N) is 1. The van der Waals surface area contributed by atoms with Gasteiger partial charge < -0.3 is 20.9 Å². The molecule has 0 saturated carbocycles. The molecule has 2 aromatic rings. The number of nitrogens with one attached hydrogen (secondary N) is 2. The molecule has 0 radical (unpaired) electrons. The van der Waals surface area contributed by atoms with Gasteiger partial charge in [-0.25, -0.2) is 0 Å². The van der Waals surface area contributed by atoms with E-state index in [1.165, 1.54) is 0 Å². The Morgan fingerprint density at radius 2 is 2.21 bits per heavy atom. The van der Waals surface area contributed by atoms with E-state index in [0.717, 1.165) is 17.1 Å². The van der Waals surface area contributed by atoms with Crippen LogP contribution in [0.5, 0.6) is 0 Å². The van der Waals surface area contributed by atoms with E-state index in [4.69, 9.17) is 10.3 Å². The third-order valence-electron chi connectivity index (χ3n) is 2.68. The molecule has 0 aliphatic rings. The van der Waals surface area contributed by atoms with Crippen molar-refractivity contribution in [1.82, 2.24) is 10.5 Å². The van der Waals surface area contributed by atoms with Crippen molar-refractivity contribution in [2.45, 2.75) is 13.5 Å². The van der Waals surface area contributed by atoms with Gasteiger partial charge in [-0.05, 0) is 25.1 Å². The Hall–Kier alpha value is -2.50. The maximum atomic E-state index is 11.4. The zero-order chi connectivity index (χ0) is 13.8. The van der Waals surface area contributed by atoms with E-state index in [1.54, 1.807) is 25.2 Å². The molecule has 100 valence electrons. The normalized spacial score (nSPS) is 10.2. The first kappa shape index (κ1) is 12.9. The van der Waals surface area contributed by atoms with Crippen LogP contribution in [0.2, 0.25) is 0 Å². The van der Waals surface area contributed by atoms with Crippen molar-refractivity contribution >= 4 is 17.3 Å². The minimum atomic E-state index is -0.162. The van der Waals surface area contributed by atoms with Gasteiger partial charge in [-0.2, -0.15) is 0 Å². The molecule has 1 heterocycles. The van der Waals surface area contributed by atoms with Gasteiger partial charge in [0.1, 0.15) is 11.5 Å². The predicted molar refractivity (Wildman–Crippen MR) is 72.8 cm³/mol. The van der Waals surface area contributed by atoms with Gasteiger partial charge in [0.05, 0.1) is 17.9 Å². The Labute approximate surface area is 111 Å². The average molecular weight is 260 g/mol. The molecular formula is C13H16N4O2. The molecule has 1 amide bonds. The van der Waals surface area contributed by atoms with Crippen LogP contribution in [0.25, 0.3) is 0 Å². The van der Waals surface area contributed by atoms with Crippen LogP contribution in [-0.4, -0.2) is 18.1 Å². The third kappa shape index (κ3) is 3.04. The summed E-state index contributed by atoms with van der Waals surface area (Å²) in [6.07, 6.45) is 0. The van der Waals surface area contributed by atoms with Crippen LogP contribution in [0, 0.1) is 6.92 Å². The number of aryl methyl sites for hydroxylation is 1. The predicted octanol–water partition coefficient (Wildman–Crippen LogP) is 1.54. The van der Waals surface area contributed by atoms with Gasteiger partial charge in [-0.15, -0.1) is 0 Å². The second-order valence-corrected chi connectivity index (χ2v) is 4.16. The van der Waals surface area contributed by atoms with Crippen molar-refractivity contribution in [1.29, 1.82) is 0 Å². The van der Waals surface area contributed by atoms with Gasteiger partial charge in [-0.3, -0.25) is 4.79 Å². The Balaban J connectivity index is 2.07. The summed E-state index contributed by atoms with van der Waals surface area (Å²) >= 11 is 0. The standard InChI is InChI=1S/C13H16N4O2/c1-8-5-10(17-19-8)7-16-12-4-3-9(6-11(12)14)13(18)15-2/h3-6,16H,7,14H2,1-2H3,(H,15,18). The second-order valence-electron chi connectivity index (χ2n) is 4.16. The van der Waals surface area contributed by atoms with Crippen LogP contribution in [0.15, 0.2) is 28.8 Å². The molecule has 0 aliphatic carbocycles. The van der Waals surface area contributed by atoms with Gasteiger partial charge in [0.15, 0.2) is 0 Å². The molecule has 6 nitrogen and oxygen atoms in total. The van der Waals surface area contributed by atoms with Gasteiger partial charge >= 0.3 is 0 Å². The van der Waals surface area contributed by atoms with Crippen molar-refractivity contribution in [3.8, 4) is 0 Å². The first-order valence-corrected chi connectivity index (χ1v) is 5.88. The van der Waals surface area contributed by atoms with Crippen LogP contribution in [0.4, 0.5) is 11.4 Å². The number of benzene rings is 1. The molecule has 0 atom stereocenters. The number of rotatable bonds is 4. The SMILES string of the molecule is CNC(=O)c1ccc(NCc2cc(C)on2)c(N)c1. The summed E-state index contributed by atoms with van der Waals surface area (Å²) < 4.78 is 4.97. The van der Waals surface area contributed by atoms with Crippen LogP contribution in [0.1, 0.15) is 21.8 Å². The molecule has 0 spiro atoms. The summed E-state index contributed by atoms with van der Waals surface area (Å²) in [6, 6.07) is 6.97. The summed E-state index contributed by atoms with van der Waals surface area (Å²) in [4.78, 5) is 11.4. The lowest BCUT2D eigenvalue weighted by atomic mass is 10.1. The first-order valence-electron chi connectivity index (χ1n) is 5.88. The molecule has 0 unspecified atom stereocenters. The first-order chi connectivity index (χ1) is 9.10. The van der Waals surface area contributed by atoms with Crippen LogP contribution < -0.4 is 16.4 Å². The van der Waals surface area contributed by atoms with Crippen molar-refractivity contribution in [3.63, 3.8) is 0 Å². The zero-order valence-electron chi connectivity index (χ0n) is 10.9. The molecule has 6 heteroatoms. The van der Waals surface area contributed by atoms with E-state index < -0.39 is 0 Å². The Kier molecular flexibility index (Phi) is 3.70. The summed E-state index contributed by atoms with van der Waals surface area (Å²) in [5, 5.41) is 9.58. The summed E-state index contributed by atoms with van der Waals surface area (Å²) in [7, 11) is 1.58.